The van der Waals surface area contributed by atoms with Crippen molar-refractivity contribution in [2.24, 2.45) is 28.2 Å². The number of nitrogens with zero attached hydrogens (tertiary/aromatic N) is 14. The number of rotatable bonds is 12. The Balaban J connectivity index is 1.04. The molecule has 0 saturated heterocycles. The highest BCUT2D eigenvalue weighted by Crippen LogP contribution is 2.43. The van der Waals surface area contributed by atoms with Crippen molar-refractivity contribution < 1.29 is 31.0 Å². The van der Waals surface area contributed by atoms with Gasteiger partial charge in [-0.25, -0.2) is 19.9 Å². The Morgan fingerprint density at radius 2 is 1.45 bits per heavy atom. The predicted octanol–water partition coefficient (Wildman–Crippen LogP) is 8.93. The fourth-order valence-corrected chi connectivity index (χ4v) is 9.87. The first-order valence-electron chi connectivity index (χ1n) is 21.0. The van der Waals surface area contributed by atoms with Crippen molar-refractivity contribution in [2.45, 2.75) is 25.8 Å². The number of H-pyrrole nitrogens is 1. The van der Waals surface area contributed by atoms with Crippen molar-refractivity contribution in [2.75, 3.05) is 23.7 Å². The molecule has 352 valence electrons. The molecule has 0 fully saturated rings. The second-order valence-corrected chi connectivity index (χ2v) is 17.8. The lowest BCUT2D eigenvalue weighted by Gasteiger charge is -2.12. The molecule has 0 spiro atoms. The molecule has 0 radical (unpaired) electrons. The zero-order chi connectivity index (χ0) is 48.5. The highest BCUT2D eigenvalue weighted by atomic mass is 79.9. The number of anilines is 2. The van der Waals surface area contributed by atoms with Gasteiger partial charge < -0.3 is 24.8 Å². The van der Waals surface area contributed by atoms with Gasteiger partial charge >= 0.3 is 12.4 Å². The number of aromatic nitrogens is 15. The van der Waals surface area contributed by atoms with Crippen LogP contribution >= 0.6 is 27.3 Å². The first-order chi connectivity index (χ1) is 33.0. The highest BCUT2D eigenvalue weighted by Gasteiger charge is 2.37. The number of thiazole rings is 1. The van der Waals surface area contributed by atoms with E-state index < -0.39 is 23.5 Å². The van der Waals surface area contributed by atoms with Gasteiger partial charge in [0.05, 0.1) is 57.9 Å². The second-order valence-electron chi connectivity index (χ2n) is 15.9. The van der Waals surface area contributed by atoms with Crippen LogP contribution in [0.5, 0.6) is 0 Å². The fraction of sp³-hybridized carbons (Fsp3) is 0.227. The number of fused-ring (bicyclic) bond motifs is 2. The van der Waals surface area contributed by atoms with Gasteiger partial charge in [0.2, 0.25) is 6.20 Å². The maximum Gasteiger partial charge on any atom is 0.419 e. The summed E-state index contributed by atoms with van der Waals surface area (Å²) in [6.07, 6.45) is -2.52. The molecule has 0 aliphatic rings. The number of halogens is 7. The Hall–Kier alpha value is -7.54. The summed E-state index contributed by atoms with van der Waals surface area (Å²) >= 11 is 3.96. The molecule has 0 saturated carbocycles. The van der Waals surface area contributed by atoms with Crippen LogP contribution < -0.4 is 15.3 Å². The highest BCUT2D eigenvalue weighted by molar-refractivity contribution is 9.10. The number of aryl methyl sites for hydroxylation is 3. The number of aromatic amines is 1. The van der Waals surface area contributed by atoms with Crippen LogP contribution in [0.3, 0.4) is 0 Å². The van der Waals surface area contributed by atoms with Crippen LogP contribution in [0.4, 0.5) is 38.0 Å². The number of nitrogens with one attached hydrogen (secondary N) is 3. The fourth-order valence-electron chi connectivity index (χ4n) is 8.27. The van der Waals surface area contributed by atoms with Gasteiger partial charge in [0, 0.05) is 43.3 Å². The molecular weight excluding hydrogens is 993 g/mol. The molecule has 17 nitrogen and oxygen atoms in total. The van der Waals surface area contributed by atoms with Gasteiger partial charge in [-0.15, -0.1) is 36.4 Å². The predicted molar refractivity (Wildman–Crippen MR) is 249 cm³/mol. The van der Waals surface area contributed by atoms with Crippen molar-refractivity contribution in [1.82, 2.24) is 68.9 Å². The molecule has 0 amide bonds. The minimum absolute atomic E-state index is 0.00279. The molecule has 8 aromatic heterocycles. The third kappa shape index (κ3) is 8.33. The summed E-state index contributed by atoms with van der Waals surface area (Å²) in [7, 11) is 7.27. The van der Waals surface area contributed by atoms with E-state index in [1.165, 1.54) is 18.2 Å². The van der Waals surface area contributed by atoms with Crippen molar-refractivity contribution in [1.29, 1.82) is 0 Å². The zero-order valence-corrected chi connectivity index (χ0v) is 39.3. The molecule has 10 rings (SSSR count). The third-order valence-corrected chi connectivity index (χ3v) is 13.1. The largest absolute Gasteiger partial charge is 0.419 e. The Kier molecular flexibility index (Phi) is 11.3. The number of imidazole rings is 1. The van der Waals surface area contributed by atoms with Crippen molar-refractivity contribution >= 4 is 60.2 Å². The minimum atomic E-state index is -4.67. The van der Waals surface area contributed by atoms with Crippen LogP contribution in [0.1, 0.15) is 18.1 Å². The Bertz CT molecular complexity index is 3580. The van der Waals surface area contributed by atoms with Gasteiger partial charge in [-0.1, -0.05) is 22.0 Å². The van der Waals surface area contributed by atoms with Crippen LogP contribution in [0.25, 0.3) is 88.8 Å². The van der Waals surface area contributed by atoms with E-state index in [1.54, 1.807) is 57.9 Å². The van der Waals surface area contributed by atoms with Crippen LogP contribution in [0, 0.1) is 0 Å². The number of pyridine rings is 2. The third-order valence-electron chi connectivity index (χ3n) is 11.4. The minimum Gasteiger partial charge on any atom is -0.370 e. The molecule has 0 unspecified atom stereocenters. The average molecular weight is 1030 g/mol. The van der Waals surface area contributed by atoms with Gasteiger partial charge in [0.1, 0.15) is 57.5 Å². The molecule has 2 aromatic carbocycles. The summed E-state index contributed by atoms with van der Waals surface area (Å²) in [5, 5.41) is 28.4. The first kappa shape index (κ1) is 45.3. The van der Waals surface area contributed by atoms with Crippen LogP contribution in [-0.2, 0) is 47.1 Å². The lowest BCUT2D eigenvalue weighted by molar-refractivity contribution is -0.769. The smallest absolute Gasteiger partial charge is 0.370 e. The van der Waals surface area contributed by atoms with E-state index in [0.717, 1.165) is 17.4 Å². The molecule has 10 aromatic rings. The van der Waals surface area contributed by atoms with Crippen LogP contribution in [0.2, 0.25) is 0 Å². The van der Waals surface area contributed by atoms with E-state index in [2.05, 4.69) is 67.0 Å². The number of hydrogen-bond donors (Lipinski definition) is 3. The lowest BCUT2D eigenvalue weighted by atomic mass is 10.1. The van der Waals surface area contributed by atoms with Crippen LogP contribution in [-0.4, -0.2) is 82.0 Å². The standard InChI is InChI=1S/C44H37BrF6N17S/c1-6-52-32-17-23(14-30(57-32)39-59-28-11-10-27(45)34(35(28)61-39)44(49,50)51)37-25(41-63-55-21-65(41)3)19-68(67(37)5)13-12-53-33-16-22(36-24(18-56-66(36)4)40-62-54-20-64(40)2)15-31(58-33)42-60-29-9-7-8-26(38(29)69-42)43(46,47)48/h7-11,14-21H,6,12-13H2,1-5H3,(H,52,57)(H,53,58)(H,59,61)/q+1. The molecular formula is C44H37BrF6N17S+. The number of benzene rings is 2. The van der Waals surface area contributed by atoms with E-state index in [9.17, 15) is 26.3 Å². The molecule has 0 bridgehead atoms. The number of alkyl halides is 6. The normalized spacial score (nSPS) is 12.2. The Morgan fingerprint density at radius 1 is 0.768 bits per heavy atom. The van der Waals surface area contributed by atoms with E-state index in [1.807, 2.05) is 55.8 Å². The molecule has 0 atom stereocenters. The van der Waals surface area contributed by atoms with E-state index in [-0.39, 0.29) is 36.6 Å². The molecule has 8 heterocycles. The van der Waals surface area contributed by atoms with Gasteiger partial charge in [-0.2, -0.15) is 36.1 Å². The first-order valence-corrected chi connectivity index (χ1v) is 22.6. The van der Waals surface area contributed by atoms with Crippen molar-refractivity contribution in [3.63, 3.8) is 0 Å². The lowest BCUT2D eigenvalue weighted by Crippen LogP contribution is -2.44. The van der Waals surface area contributed by atoms with Gasteiger partial charge in [-0.3, -0.25) is 4.68 Å². The maximum absolute atomic E-state index is 14.2. The van der Waals surface area contributed by atoms with E-state index in [0.29, 0.717) is 87.9 Å². The van der Waals surface area contributed by atoms with Crippen molar-refractivity contribution in [3.05, 3.63) is 95.2 Å². The second kappa shape index (κ2) is 17.2. The van der Waals surface area contributed by atoms with E-state index in [4.69, 9.17) is 9.97 Å². The van der Waals surface area contributed by atoms with Gasteiger partial charge in [-0.05, 0) is 55.5 Å². The summed E-state index contributed by atoms with van der Waals surface area (Å²) in [5.41, 5.74) is 3.10. The molecule has 0 aliphatic heterocycles. The number of hydrogen-bond acceptors (Lipinski definition) is 12. The Morgan fingerprint density at radius 3 is 2.13 bits per heavy atom. The summed E-state index contributed by atoms with van der Waals surface area (Å²) in [4.78, 5) is 21.7. The molecule has 25 heteroatoms. The summed E-state index contributed by atoms with van der Waals surface area (Å²) in [5.74, 6) is 2.10. The summed E-state index contributed by atoms with van der Waals surface area (Å²) in [6.45, 7) is 3.06. The molecule has 3 N–H and O–H groups in total. The van der Waals surface area contributed by atoms with Gasteiger partial charge in [0.25, 0.3) is 0 Å². The average Bonchev–Trinajstić information content (AvgIpc) is 4.17. The summed E-state index contributed by atoms with van der Waals surface area (Å²) < 4.78 is 94.1. The molecule has 0 aliphatic carbocycles. The molecule has 69 heavy (non-hydrogen) atoms. The Labute approximate surface area is 399 Å². The van der Waals surface area contributed by atoms with E-state index >= 15 is 0 Å². The van der Waals surface area contributed by atoms with Gasteiger partial charge in [0.15, 0.2) is 24.0 Å². The summed E-state index contributed by atoms with van der Waals surface area (Å²) in [6, 6.07) is 14.0. The monoisotopic (exact) mass is 1030 g/mol. The van der Waals surface area contributed by atoms with Crippen LogP contribution in [0.15, 0.2) is 84.1 Å². The maximum atomic E-state index is 14.2. The quantitative estimate of drug-likeness (QED) is 0.0786. The van der Waals surface area contributed by atoms with Crippen molar-refractivity contribution in [3.8, 4) is 67.5 Å². The SMILES string of the molecule is CCNc1cc(-c2c(-c3nncn3C)c[n+](CCNc3cc(-c4c(-c5nncn5C)cnn4C)cc(-c4nc5cccc(C(F)(F)F)c5s4)n3)n2C)cc(-c2nc3c(C(F)(F)F)c(Br)ccc3[nH]2)n1. The zero-order valence-electron chi connectivity index (χ0n) is 36.9. The topological polar surface area (TPSA) is 179 Å².